The number of aliphatic carboxylic acids is 1. The number of Topliss-reactive ketones (excluding diaryl/α,β-unsaturated/α-hetero) is 2. The molecule has 2 aromatic heterocycles. The highest BCUT2D eigenvalue weighted by atomic mass is 19.4. The number of hydrogen-bond donors (Lipinski definition) is 1. The van der Waals surface area contributed by atoms with Crippen LogP contribution in [0.15, 0.2) is 170 Å². The van der Waals surface area contributed by atoms with Crippen LogP contribution in [0, 0.1) is 0 Å². The van der Waals surface area contributed by atoms with Crippen LogP contribution in [0.3, 0.4) is 0 Å². The molecule has 0 spiro atoms. The number of hydrogen-bond acceptors (Lipinski definition) is 17. The summed E-state index contributed by atoms with van der Waals surface area (Å²) < 4.78 is 119. The first-order chi connectivity index (χ1) is 52.4. The largest absolute Gasteiger partial charge is 0.497 e. The van der Waals surface area contributed by atoms with Gasteiger partial charge in [-0.3, -0.25) is 38.7 Å². The number of pyridine rings is 2. The summed E-state index contributed by atoms with van der Waals surface area (Å²) >= 11 is 0. The van der Waals surface area contributed by atoms with Gasteiger partial charge in [-0.1, -0.05) is 102 Å². The van der Waals surface area contributed by atoms with Crippen molar-refractivity contribution in [1.82, 2.24) is 19.8 Å². The Hall–Kier alpha value is -11.4. The minimum Gasteiger partial charge on any atom is -0.497 e. The van der Waals surface area contributed by atoms with Crippen LogP contribution in [0.2, 0.25) is 0 Å². The molecule has 2 amide bonds. The number of aryl methyl sites for hydroxylation is 2. The first kappa shape index (κ1) is 85.8. The average molecular weight is 1530 g/mol. The smallest absolute Gasteiger partial charge is 0.416 e. The Morgan fingerprint density at radius 2 is 0.764 bits per heavy atom. The van der Waals surface area contributed by atoms with Crippen LogP contribution in [0.5, 0.6) is 34.5 Å². The highest BCUT2D eigenvalue weighted by Gasteiger charge is 2.36. The van der Waals surface area contributed by atoms with Gasteiger partial charge in [-0.05, 0) is 179 Å². The van der Waals surface area contributed by atoms with Gasteiger partial charge in [-0.2, -0.15) is 26.3 Å². The number of rotatable bonds is 38. The van der Waals surface area contributed by atoms with E-state index < -0.39 is 89.4 Å². The van der Waals surface area contributed by atoms with Crippen molar-refractivity contribution in [2.24, 2.45) is 0 Å². The van der Waals surface area contributed by atoms with Gasteiger partial charge < -0.3 is 48.1 Å². The van der Waals surface area contributed by atoms with Crippen LogP contribution < -0.4 is 28.4 Å². The highest BCUT2D eigenvalue weighted by molar-refractivity contribution is 6.01. The van der Waals surface area contributed by atoms with Gasteiger partial charge >= 0.3 is 36.2 Å². The van der Waals surface area contributed by atoms with Crippen molar-refractivity contribution >= 4 is 47.3 Å². The molecule has 110 heavy (non-hydrogen) atoms. The lowest BCUT2D eigenvalue weighted by atomic mass is 9.98. The number of halogens is 6. The van der Waals surface area contributed by atoms with Crippen molar-refractivity contribution in [2.75, 3.05) is 40.5 Å². The maximum absolute atomic E-state index is 13.7. The summed E-state index contributed by atoms with van der Waals surface area (Å²) in [7, 11) is 2.53. The Morgan fingerprint density at radius 1 is 0.418 bits per heavy atom. The molecule has 0 aliphatic heterocycles. The Bertz CT molecular complexity index is 4360. The number of carbonyl (C=O) groups excluding carboxylic acids is 7. The monoisotopic (exact) mass is 1520 g/mol. The lowest BCUT2D eigenvalue weighted by Crippen LogP contribution is -2.38. The van der Waals surface area contributed by atoms with Gasteiger partial charge in [0.25, 0.3) is 11.8 Å². The van der Waals surface area contributed by atoms with E-state index in [0.29, 0.717) is 47.2 Å². The molecule has 8 rings (SSSR count). The normalized spacial score (nSPS) is 11.3. The van der Waals surface area contributed by atoms with Crippen LogP contribution in [-0.4, -0.2) is 118 Å². The highest BCUT2D eigenvalue weighted by Crippen LogP contribution is 2.37. The minimum absolute atomic E-state index is 0.0415. The summed E-state index contributed by atoms with van der Waals surface area (Å²) in [4.78, 5) is 114. The molecule has 1 N–H and O–H groups in total. The summed E-state index contributed by atoms with van der Waals surface area (Å²) in [6, 6.07) is 37.6. The number of aromatic nitrogens is 2. The van der Waals surface area contributed by atoms with Crippen molar-refractivity contribution in [2.45, 2.75) is 156 Å². The Kier molecular flexibility index (Phi) is 32.6. The van der Waals surface area contributed by atoms with Gasteiger partial charge in [0.2, 0.25) is 0 Å². The molecule has 6 aromatic carbocycles. The van der Waals surface area contributed by atoms with Gasteiger partial charge in [0.15, 0.2) is 11.6 Å². The SMILES string of the molecule is CCCCCCCOc1ccc(C(=O)Oc2ccc(CN(CC(=O)O)C(=O)c3ccc(C(=O)CCc4ccc(OC)cc4C(F)(F)F)cc3)nc2)cc1.CCCCCCCOc1ccc(C(=O)Oc2ccc(CN(CC(=O)OC(C)(C)C)C(=O)c3ccc(C(=O)CCc4ccc(OC)cc4C(F)(F)F)cc3)nc2)cc1. The number of alkyl halides is 6. The predicted octanol–water partition coefficient (Wildman–Crippen LogP) is 17.7. The van der Waals surface area contributed by atoms with Gasteiger partial charge in [-0.15, -0.1) is 0 Å². The molecule has 0 saturated carbocycles. The topological polar surface area (TPSA) is 254 Å². The van der Waals surface area contributed by atoms with E-state index >= 15 is 0 Å². The third-order valence-corrected chi connectivity index (χ3v) is 17.0. The molecule has 26 heteroatoms. The number of unbranched alkanes of at least 4 members (excludes halogenated alkanes) is 8. The van der Waals surface area contributed by atoms with Crippen molar-refractivity contribution in [1.29, 1.82) is 0 Å². The molecular formula is C84H90F6N4O16. The molecule has 0 saturated heterocycles. The number of ketones is 2. The van der Waals surface area contributed by atoms with Crippen LogP contribution in [-0.2, 0) is 52.6 Å². The summed E-state index contributed by atoms with van der Waals surface area (Å²) in [5.41, 5.74) is -0.713. The number of esters is 3. The van der Waals surface area contributed by atoms with E-state index in [1.165, 1.54) is 161 Å². The molecule has 0 atom stereocenters. The quantitative estimate of drug-likeness (QED) is 0.0163. The zero-order valence-corrected chi connectivity index (χ0v) is 62.4. The maximum atomic E-state index is 13.7. The van der Waals surface area contributed by atoms with E-state index in [1.54, 1.807) is 75.4 Å². The molecule has 2 heterocycles. The first-order valence-corrected chi connectivity index (χ1v) is 36.0. The van der Waals surface area contributed by atoms with E-state index in [-0.39, 0.29) is 95.2 Å². The standard InChI is InChI=1S/C44H49F3N2O8.C40H41F3N2O8/c1-6-7-8-9-10-25-55-35-20-16-33(17-21-35)42(53)56-37-23-19-34(48-27-37)28-49(29-40(51)57-43(2,3)4)41(52)32-13-11-31(12-14-32)39(50)24-18-30-15-22-36(54-5)26-38(30)44(45,46)47;1-3-4-5-6-7-22-52-32-17-13-30(14-18-32)39(50)53-34-20-16-31(44-24-34)25-45(26-37(47)48)38(49)29-10-8-28(9-11-29)36(46)21-15-27-12-19-33(51-2)23-35(27)40(41,42)43/h11-17,19-23,26-27H,6-10,18,24-25,28-29H2,1-5H3;8-14,16-20,23-24H,3-7,15,21-22,25-26H2,1-2H3,(H,47,48). The van der Waals surface area contributed by atoms with Crippen LogP contribution in [0.1, 0.15) is 207 Å². The second kappa shape index (κ2) is 41.8. The van der Waals surface area contributed by atoms with E-state index in [1.807, 2.05) is 0 Å². The van der Waals surface area contributed by atoms with Gasteiger partial charge in [0.05, 0.1) is 86.6 Å². The second-order valence-corrected chi connectivity index (χ2v) is 26.7. The van der Waals surface area contributed by atoms with E-state index in [2.05, 4.69) is 23.8 Å². The predicted molar refractivity (Wildman–Crippen MR) is 397 cm³/mol. The second-order valence-electron chi connectivity index (χ2n) is 26.7. The van der Waals surface area contributed by atoms with Crippen molar-refractivity contribution < 1.29 is 103 Å². The summed E-state index contributed by atoms with van der Waals surface area (Å²) in [5, 5.41) is 9.48. The van der Waals surface area contributed by atoms with Crippen LogP contribution >= 0.6 is 0 Å². The molecule has 0 bridgehead atoms. The number of carbonyl (C=O) groups is 8. The Labute approximate surface area is 635 Å². The molecule has 0 fully saturated rings. The van der Waals surface area contributed by atoms with E-state index in [9.17, 15) is 69.8 Å². The number of carboxylic acids is 1. The number of methoxy groups -OCH3 is 2. The third-order valence-electron chi connectivity index (χ3n) is 17.0. The molecule has 0 radical (unpaired) electrons. The lowest BCUT2D eigenvalue weighted by Gasteiger charge is -2.25. The zero-order valence-electron chi connectivity index (χ0n) is 62.4. The summed E-state index contributed by atoms with van der Waals surface area (Å²) in [5.74, 6) is -3.46. The fourth-order valence-electron chi connectivity index (χ4n) is 11.2. The molecule has 584 valence electrons. The van der Waals surface area contributed by atoms with Crippen molar-refractivity contribution in [3.8, 4) is 34.5 Å². The number of amides is 2. The van der Waals surface area contributed by atoms with E-state index in [4.69, 9.17) is 33.2 Å². The van der Waals surface area contributed by atoms with Gasteiger partial charge in [-0.25, -0.2) is 9.59 Å². The molecule has 0 aliphatic rings. The Balaban J connectivity index is 0.000000307. The Morgan fingerprint density at radius 3 is 1.10 bits per heavy atom. The number of carboxylic acid groups (broad SMARTS) is 1. The zero-order chi connectivity index (χ0) is 80.0. The fourth-order valence-corrected chi connectivity index (χ4v) is 11.2. The van der Waals surface area contributed by atoms with Gasteiger partial charge in [0, 0.05) is 35.1 Å². The molecule has 20 nitrogen and oxygen atoms in total. The van der Waals surface area contributed by atoms with Crippen LogP contribution in [0.25, 0.3) is 0 Å². The third kappa shape index (κ3) is 28.0. The number of nitrogens with zero attached hydrogens (tertiary/aromatic N) is 4. The lowest BCUT2D eigenvalue weighted by molar-refractivity contribution is -0.155. The van der Waals surface area contributed by atoms with Gasteiger partial charge in [0.1, 0.15) is 53.2 Å². The molecule has 0 aliphatic carbocycles. The first-order valence-electron chi connectivity index (χ1n) is 36.0. The fraction of sp³-hybridized carbons (Fsp3) is 0.357. The van der Waals surface area contributed by atoms with Crippen molar-refractivity contribution in [3.05, 3.63) is 237 Å². The van der Waals surface area contributed by atoms with Crippen molar-refractivity contribution in [3.63, 3.8) is 0 Å². The minimum atomic E-state index is -4.63. The van der Waals surface area contributed by atoms with E-state index in [0.717, 1.165) is 42.7 Å². The maximum Gasteiger partial charge on any atom is 0.416 e. The number of ether oxygens (including phenoxy) is 7. The van der Waals surface area contributed by atoms with Crippen LogP contribution in [0.4, 0.5) is 26.3 Å². The molecular weight excluding hydrogens is 1430 g/mol. The number of benzene rings is 6. The molecule has 0 unspecified atom stereocenters. The summed E-state index contributed by atoms with van der Waals surface area (Å²) in [6.45, 7) is 9.25. The summed E-state index contributed by atoms with van der Waals surface area (Å²) in [6.07, 6.45) is 3.89. The molecule has 8 aromatic rings. The average Bonchev–Trinajstić information content (AvgIpc) is 0.790.